The molecule has 2 saturated heterocycles. The quantitative estimate of drug-likeness (QED) is 0.563. The molecule has 0 unspecified atom stereocenters. The summed E-state index contributed by atoms with van der Waals surface area (Å²) in [6.07, 6.45) is 7.23. The molecule has 1 aromatic heterocycles. The Hall–Kier alpha value is -3.60. The van der Waals surface area contributed by atoms with Crippen molar-refractivity contribution in [2.24, 2.45) is 0 Å². The molecule has 2 aromatic rings. The molecule has 0 spiro atoms. The molecule has 0 radical (unpaired) electrons. The molecule has 220 valence electrons. The first-order valence-corrected chi connectivity index (χ1v) is 14.4. The van der Waals surface area contributed by atoms with E-state index in [1.807, 2.05) is 25.7 Å². The summed E-state index contributed by atoms with van der Waals surface area (Å²) in [6.45, 7) is 6.97. The zero-order chi connectivity index (χ0) is 29.3. The number of carbonyl (C=O) groups excluding carboxylic acids is 3. The highest BCUT2D eigenvalue weighted by Gasteiger charge is 2.40. The van der Waals surface area contributed by atoms with Gasteiger partial charge >= 0.3 is 6.09 Å². The second-order valence-electron chi connectivity index (χ2n) is 12.1. The van der Waals surface area contributed by atoms with Gasteiger partial charge in [-0.25, -0.2) is 19.2 Å². The number of piperidine rings is 1. The number of halogens is 1. The van der Waals surface area contributed by atoms with Gasteiger partial charge in [-0.2, -0.15) is 0 Å². The van der Waals surface area contributed by atoms with Gasteiger partial charge in [0.05, 0.1) is 23.8 Å². The number of aliphatic hydroxyl groups is 1. The van der Waals surface area contributed by atoms with Crippen LogP contribution in [0.15, 0.2) is 30.6 Å². The topological polar surface area (TPSA) is 116 Å². The highest BCUT2D eigenvalue weighted by atomic mass is 19.1. The Kier molecular flexibility index (Phi) is 8.26. The van der Waals surface area contributed by atoms with Gasteiger partial charge in [-0.05, 0) is 77.5 Å². The van der Waals surface area contributed by atoms with Crippen LogP contribution >= 0.6 is 0 Å². The molecule has 11 heteroatoms. The summed E-state index contributed by atoms with van der Waals surface area (Å²) in [5, 5.41) is 9.52. The molecule has 2 aliphatic heterocycles. The Morgan fingerprint density at radius 3 is 2.24 bits per heavy atom. The van der Waals surface area contributed by atoms with E-state index in [-0.39, 0.29) is 59.6 Å². The van der Waals surface area contributed by atoms with Gasteiger partial charge in [-0.15, -0.1) is 0 Å². The second-order valence-corrected chi connectivity index (χ2v) is 12.1. The van der Waals surface area contributed by atoms with Crippen molar-refractivity contribution < 1.29 is 28.6 Å². The molecule has 1 aromatic carbocycles. The zero-order valence-electron chi connectivity index (χ0n) is 23.9. The molecule has 3 amide bonds. The summed E-state index contributed by atoms with van der Waals surface area (Å²) < 4.78 is 20.6. The predicted molar refractivity (Wildman–Crippen MR) is 149 cm³/mol. The van der Waals surface area contributed by atoms with Crippen LogP contribution in [0.3, 0.4) is 0 Å². The zero-order valence-corrected chi connectivity index (χ0v) is 23.9. The van der Waals surface area contributed by atoms with Crippen LogP contribution in [0.25, 0.3) is 11.4 Å². The van der Waals surface area contributed by atoms with Gasteiger partial charge < -0.3 is 24.5 Å². The minimum absolute atomic E-state index is 0.00285. The number of amides is 3. The molecule has 3 heterocycles. The third-order valence-corrected chi connectivity index (χ3v) is 7.89. The molecule has 10 nitrogen and oxygen atoms in total. The monoisotopic (exact) mass is 567 g/mol. The maximum absolute atomic E-state index is 15.1. The second kappa shape index (κ2) is 11.7. The Morgan fingerprint density at radius 1 is 1.00 bits per heavy atom. The summed E-state index contributed by atoms with van der Waals surface area (Å²) >= 11 is 0. The maximum atomic E-state index is 15.1. The number of hydrogen-bond acceptors (Lipinski definition) is 7. The summed E-state index contributed by atoms with van der Waals surface area (Å²) in [5.41, 5.74) is 0.104. The first-order valence-electron chi connectivity index (χ1n) is 14.4. The van der Waals surface area contributed by atoms with Crippen molar-refractivity contribution in [3.63, 3.8) is 0 Å². The van der Waals surface area contributed by atoms with E-state index in [0.717, 1.165) is 25.7 Å². The van der Waals surface area contributed by atoms with E-state index in [4.69, 9.17) is 4.74 Å². The van der Waals surface area contributed by atoms with Gasteiger partial charge in [0.2, 0.25) is 0 Å². The summed E-state index contributed by atoms with van der Waals surface area (Å²) in [7, 11) is 0. The third kappa shape index (κ3) is 6.50. The molecular weight excluding hydrogens is 529 g/mol. The van der Waals surface area contributed by atoms with Gasteiger partial charge in [0.25, 0.3) is 11.8 Å². The van der Waals surface area contributed by atoms with E-state index in [1.54, 1.807) is 9.80 Å². The van der Waals surface area contributed by atoms with Gasteiger partial charge in [0.15, 0.2) is 5.82 Å². The molecule has 1 saturated carbocycles. The minimum Gasteiger partial charge on any atom is -0.444 e. The van der Waals surface area contributed by atoms with E-state index < -0.39 is 11.4 Å². The lowest BCUT2D eigenvalue weighted by Gasteiger charge is -2.39. The van der Waals surface area contributed by atoms with E-state index in [0.29, 0.717) is 38.0 Å². The van der Waals surface area contributed by atoms with Crippen molar-refractivity contribution in [1.82, 2.24) is 24.7 Å². The van der Waals surface area contributed by atoms with Gasteiger partial charge in [-0.3, -0.25) is 9.59 Å². The highest BCUT2D eigenvalue weighted by Crippen LogP contribution is 2.34. The predicted octanol–water partition coefficient (Wildman–Crippen LogP) is 3.88. The van der Waals surface area contributed by atoms with Gasteiger partial charge in [0.1, 0.15) is 11.4 Å². The molecule has 41 heavy (non-hydrogen) atoms. The minimum atomic E-state index is -0.633. The van der Waals surface area contributed by atoms with Crippen LogP contribution in [-0.4, -0.2) is 97.6 Å². The Balaban J connectivity index is 1.25. The Labute approximate surface area is 239 Å². The number of ether oxygens (including phenoxy) is 1. The van der Waals surface area contributed by atoms with Crippen molar-refractivity contribution in [2.75, 3.05) is 26.2 Å². The molecule has 5 rings (SSSR count). The largest absolute Gasteiger partial charge is 0.444 e. The molecule has 0 bridgehead atoms. The van der Waals surface area contributed by atoms with Crippen LogP contribution in [0.5, 0.6) is 0 Å². The van der Waals surface area contributed by atoms with Gasteiger partial charge in [0, 0.05) is 49.7 Å². The van der Waals surface area contributed by atoms with Crippen molar-refractivity contribution in [3.8, 4) is 11.4 Å². The molecule has 3 fully saturated rings. The van der Waals surface area contributed by atoms with E-state index in [9.17, 15) is 19.5 Å². The number of rotatable bonds is 6. The van der Waals surface area contributed by atoms with Crippen molar-refractivity contribution in [1.29, 1.82) is 0 Å². The van der Waals surface area contributed by atoms with Crippen LogP contribution in [-0.2, 0) is 4.74 Å². The molecule has 1 N–H and O–H groups in total. The maximum Gasteiger partial charge on any atom is 0.410 e. The fourth-order valence-corrected chi connectivity index (χ4v) is 5.65. The number of aromatic nitrogens is 2. The molecular formula is C30H38FN5O5. The molecule has 3 aliphatic rings. The number of carbonyl (C=O) groups is 3. The number of aliphatic hydroxyl groups excluding tert-OH is 1. The van der Waals surface area contributed by atoms with E-state index in [2.05, 4.69) is 9.97 Å². The Morgan fingerprint density at radius 2 is 1.66 bits per heavy atom. The highest BCUT2D eigenvalue weighted by molar-refractivity contribution is 5.95. The third-order valence-electron chi connectivity index (χ3n) is 7.89. The number of benzene rings is 1. The summed E-state index contributed by atoms with van der Waals surface area (Å²) in [6, 6.07) is 4.09. The fraction of sp³-hybridized carbons (Fsp3) is 0.567. The SMILES string of the molecule is CC(C)(C)OC(=O)N1CCC(N(C(=O)c2cnc(-c3ccc(C(=O)N4CCC[C@@H]4CO)cc3F)nc2)C2CC2)CC1. The molecule has 1 aliphatic carbocycles. The van der Waals surface area contributed by atoms with Crippen molar-refractivity contribution in [2.45, 2.75) is 83.0 Å². The lowest BCUT2D eigenvalue weighted by Crippen LogP contribution is -2.50. The van der Waals surface area contributed by atoms with Crippen LogP contribution in [0.4, 0.5) is 9.18 Å². The average Bonchev–Trinajstić information content (AvgIpc) is 3.66. The fourth-order valence-electron chi connectivity index (χ4n) is 5.65. The normalized spacial score (nSPS) is 19.8. The smallest absolute Gasteiger partial charge is 0.410 e. The van der Waals surface area contributed by atoms with Crippen molar-refractivity contribution in [3.05, 3.63) is 47.5 Å². The Bertz CT molecular complexity index is 1290. The standard InChI is InChI=1S/C30H38FN5O5/c1-30(2,3)41-29(40)34-13-10-22(11-14-34)36(21-7-8-21)28(39)20-16-32-26(33-17-20)24-9-6-19(15-25(24)31)27(38)35-12-4-5-23(35)18-37/h6,9,15-17,21-23,37H,4-5,7-8,10-14,18H2,1-3H3/t23-/m1/s1. The van der Waals surface area contributed by atoms with E-state index >= 15 is 4.39 Å². The first-order chi connectivity index (χ1) is 19.6. The number of likely N-dealkylation sites (tertiary alicyclic amines) is 2. The van der Waals surface area contributed by atoms with E-state index in [1.165, 1.54) is 30.6 Å². The lowest BCUT2D eigenvalue weighted by atomic mass is 10.0. The van der Waals surface area contributed by atoms with Gasteiger partial charge in [-0.1, -0.05) is 0 Å². The van der Waals surface area contributed by atoms with Crippen LogP contribution in [0, 0.1) is 5.82 Å². The lowest BCUT2D eigenvalue weighted by molar-refractivity contribution is 0.0142. The first kappa shape index (κ1) is 28.9. The van der Waals surface area contributed by atoms with Crippen LogP contribution in [0.2, 0.25) is 0 Å². The number of hydrogen-bond donors (Lipinski definition) is 1. The molecule has 1 atom stereocenters. The number of nitrogens with zero attached hydrogens (tertiary/aromatic N) is 5. The van der Waals surface area contributed by atoms with Crippen LogP contribution < -0.4 is 0 Å². The average molecular weight is 568 g/mol. The summed E-state index contributed by atoms with van der Waals surface area (Å²) in [5.74, 6) is -0.992. The van der Waals surface area contributed by atoms with Crippen LogP contribution in [0.1, 0.15) is 80.0 Å². The van der Waals surface area contributed by atoms with Crippen molar-refractivity contribution >= 4 is 17.9 Å². The summed E-state index contributed by atoms with van der Waals surface area (Å²) in [4.78, 5) is 52.6.